The predicted molar refractivity (Wildman–Crippen MR) is 77.3 cm³/mol. The molecular weight excluding hydrogens is 206 g/mol. The summed E-state index contributed by atoms with van der Waals surface area (Å²) in [5.41, 5.74) is 0.549. The molecule has 1 aliphatic rings. The molecule has 0 spiro atoms. The highest BCUT2D eigenvalue weighted by atomic mass is 14.9. The van der Waals surface area contributed by atoms with E-state index in [9.17, 15) is 0 Å². The molecule has 0 amide bonds. The van der Waals surface area contributed by atoms with Crippen LogP contribution in [-0.4, -0.2) is 12.6 Å². The van der Waals surface area contributed by atoms with Crippen molar-refractivity contribution in [1.29, 1.82) is 0 Å². The molecule has 0 aromatic rings. The molecule has 1 N–H and O–H groups in total. The van der Waals surface area contributed by atoms with Crippen molar-refractivity contribution >= 4 is 0 Å². The maximum absolute atomic E-state index is 3.78. The van der Waals surface area contributed by atoms with Gasteiger partial charge in [-0.3, -0.25) is 0 Å². The summed E-state index contributed by atoms with van der Waals surface area (Å²) >= 11 is 0. The van der Waals surface area contributed by atoms with E-state index in [1.807, 2.05) is 0 Å². The van der Waals surface area contributed by atoms with Gasteiger partial charge in [-0.15, -0.1) is 0 Å². The van der Waals surface area contributed by atoms with Gasteiger partial charge in [-0.25, -0.2) is 0 Å². The Labute approximate surface area is 109 Å². The molecule has 17 heavy (non-hydrogen) atoms. The third kappa shape index (κ3) is 6.45. The minimum atomic E-state index is 0.549. The number of hydrogen-bond donors (Lipinski definition) is 1. The first kappa shape index (κ1) is 15.0. The molecule has 0 bridgehead atoms. The lowest BCUT2D eigenvalue weighted by Crippen LogP contribution is -2.40. The summed E-state index contributed by atoms with van der Waals surface area (Å²) in [5, 5.41) is 3.78. The van der Waals surface area contributed by atoms with Gasteiger partial charge in [0.05, 0.1) is 0 Å². The van der Waals surface area contributed by atoms with Gasteiger partial charge in [0.1, 0.15) is 0 Å². The van der Waals surface area contributed by atoms with Gasteiger partial charge >= 0.3 is 0 Å². The van der Waals surface area contributed by atoms with Crippen LogP contribution in [0.4, 0.5) is 0 Å². The van der Waals surface area contributed by atoms with Crippen LogP contribution in [-0.2, 0) is 0 Å². The molecule has 1 fully saturated rings. The second kappa shape index (κ2) is 6.78. The molecule has 0 heterocycles. The van der Waals surface area contributed by atoms with E-state index in [0.717, 1.165) is 17.9 Å². The van der Waals surface area contributed by atoms with Crippen LogP contribution in [0, 0.1) is 17.3 Å². The van der Waals surface area contributed by atoms with Crippen LogP contribution in [0.15, 0.2) is 0 Å². The molecule has 0 aromatic heterocycles. The Kier molecular flexibility index (Phi) is 5.99. The molecular formula is C16H33N. The number of nitrogens with one attached hydrogen (secondary N) is 1. The Morgan fingerprint density at radius 1 is 1.18 bits per heavy atom. The lowest BCUT2D eigenvalue weighted by molar-refractivity contribution is 0.151. The van der Waals surface area contributed by atoms with Crippen molar-refractivity contribution in [1.82, 2.24) is 5.32 Å². The fraction of sp³-hybridized carbons (Fsp3) is 1.00. The minimum absolute atomic E-state index is 0.549. The second-order valence-corrected chi connectivity index (χ2v) is 7.45. The SMILES string of the molecule is CC(C)CCCCNC1CC(C)CC(C)(C)C1. The zero-order valence-corrected chi connectivity index (χ0v) is 12.7. The van der Waals surface area contributed by atoms with E-state index in [1.54, 1.807) is 0 Å². The summed E-state index contributed by atoms with van der Waals surface area (Å²) in [7, 11) is 0. The zero-order chi connectivity index (χ0) is 12.9. The highest BCUT2D eigenvalue weighted by Gasteiger charge is 2.31. The van der Waals surface area contributed by atoms with Crippen LogP contribution in [0.1, 0.15) is 73.1 Å². The first-order chi connectivity index (χ1) is 7.89. The maximum atomic E-state index is 3.78. The minimum Gasteiger partial charge on any atom is -0.314 e. The van der Waals surface area contributed by atoms with Gasteiger partial charge in [-0.2, -0.15) is 0 Å². The van der Waals surface area contributed by atoms with Gasteiger partial charge in [0.15, 0.2) is 0 Å². The third-order valence-electron chi connectivity index (χ3n) is 4.03. The number of hydrogen-bond acceptors (Lipinski definition) is 1. The van der Waals surface area contributed by atoms with E-state index in [0.29, 0.717) is 5.41 Å². The summed E-state index contributed by atoms with van der Waals surface area (Å²) in [5.74, 6) is 1.76. The molecule has 0 aliphatic heterocycles. The third-order valence-corrected chi connectivity index (χ3v) is 4.03. The van der Waals surface area contributed by atoms with E-state index in [4.69, 9.17) is 0 Å². The fourth-order valence-corrected chi connectivity index (χ4v) is 3.49. The second-order valence-electron chi connectivity index (χ2n) is 7.45. The van der Waals surface area contributed by atoms with Gasteiger partial charge in [0.2, 0.25) is 0 Å². The Morgan fingerprint density at radius 2 is 1.88 bits per heavy atom. The Morgan fingerprint density at radius 3 is 2.47 bits per heavy atom. The quantitative estimate of drug-likeness (QED) is 0.667. The van der Waals surface area contributed by atoms with E-state index in [2.05, 4.69) is 39.9 Å². The Bertz CT molecular complexity index is 208. The monoisotopic (exact) mass is 239 g/mol. The average molecular weight is 239 g/mol. The summed E-state index contributed by atoms with van der Waals surface area (Å²) in [4.78, 5) is 0. The van der Waals surface area contributed by atoms with Crippen LogP contribution in [0.2, 0.25) is 0 Å². The largest absolute Gasteiger partial charge is 0.314 e. The number of rotatable bonds is 6. The summed E-state index contributed by atoms with van der Waals surface area (Å²) in [6.45, 7) is 13.1. The smallest absolute Gasteiger partial charge is 0.00746 e. The zero-order valence-electron chi connectivity index (χ0n) is 12.7. The van der Waals surface area contributed by atoms with Crippen molar-refractivity contribution in [2.24, 2.45) is 17.3 Å². The van der Waals surface area contributed by atoms with Crippen molar-refractivity contribution in [3.8, 4) is 0 Å². The van der Waals surface area contributed by atoms with Crippen LogP contribution in [0.25, 0.3) is 0 Å². The van der Waals surface area contributed by atoms with Crippen molar-refractivity contribution in [3.63, 3.8) is 0 Å². The molecule has 0 aromatic carbocycles. The maximum Gasteiger partial charge on any atom is 0.00746 e. The molecule has 1 heteroatoms. The standard InChI is InChI=1S/C16H33N/c1-13(2)8-6-7-9-17-15-10-14(3)11-16(4,5)12-15/h13-15,17H,6-12H2,1-5H3. The molecule has 2 unspecified atom stereocenters. The first-order valence-electron chi connectivity index (χ1n) is 7.62. The average Bonchev–Trinajstić information content (AvgIpc) is 2.13. The van der Waals surface area contributed by atoms with Crippen molar-refractivity contribution < 1.29 is 0 Å². The van der Waals surface area contributed by atoms with Gasteiger partial charge < -0.3 is 5.32 Å². The summed E-state index contributed by atoms with van der Waals surface area (Å²) in [6, 6.07) is 0.771. The van der Waals surface area contributed by atoms with Crippen LogP contribution < -0.4 is 5.32 Å². The molecule has 0 radical (unpaired) electrons. The highest BCUT2D eigenvalue weighted by molar-refractivity contribution is 4.86. The van der Waals surface area contributed by atoms with Gasteiger partial charge in [0.25, 0.3) is 0 Å². The van der Waals surface area contributed by atoms with E-state index < -0.39 is 0 Å². The molecule has 2 atom stereocenters. The highest BCUT2D eigenvalue weighted by Crippen LogP contribution is 2.38. The van der Waals surface area contributed by atoms with Gasteiger partial charge in [-0.1, -0.05) is 47.5 Å². The molecule has 102 valence electrons. The topological polar surface area (TPSA) is 12.0 Å². The van der Waals surface area contributed by atoms with Crippen molar-refractivity contribution in [2.45, 2.75) is 79.2 Å². The summed E-state index contributed by atoms with van der Waals surface area (Å²) < 4.78 is 0. The first-order valence-corrected chi connectivity index (χ1v) is 7.62. The normalized spacial score (nSPS) is 28.6. The van der Waals surface area contributed by atoms with E-state index in [1.165, 1.54) is 45.1 Å². The van der Waals surface area contributed by atoms with Crippen molar-refractivity contribution in [2.75, 3.05) is 6.54 Å². The Balaban J connectivity index is 2.14. The van der Waals surface area contributed by atoms with Crippen LogP contribution in [0.5, 0.6) is 0 Å². The molecule has 1 rings (SSSR count). The Hall–Kier alpha value is -0.0400. The molecule has 1 saturated carbocycles. The number of unbranched alkanes of at least 4 members (excludes halogenated alkanes) is 1. The van der Waals surface area contributed by atoms with Crippen LogP contribution >= 0.6 is 0 Å². The fourth-order valence-electron chi connectivity index (χ4n) is 3.49. The van der Waals surface area contributed by atoms with E-state index in [-0.39, 0.29) is 0 Å². The molecule has 1 aliphatic carbocycles. The lowest BCUT2D eigenvalue weighted by atomic mass is 9.70. The summed E-state index contributed by atoms with van der Waals surface area (Å²) in [6.07, 6.45) is 8.27. The van der Waals surface area contributed by atoms with Gasteiger partial charge in [0, 0.05) is 6.04 Å². The predicted octanol–water partition coefficient (Wildman–Crippen LogP) is 4.62. The van der Waals surface area contributed by atoms with E-state index >= 15 is 0 Å². The van der Waals surface area contributed by atoms with Crippen LogP contribution in [0.3, 0.4) is 0 Å². The lowest BCUT2D eigenvalue weighted by Gasteiger charge is -2.39. The molecule has 0 saturated heterocycles. The van der Waals surface area contributed by atoms with Gasteiger partial charge in [-0.05, 0) is 49.5 Å². The van der Waals surface area contributed by atoms with Crippen molar-refractivity contribution in [3.05, 3.63) is 0 Å². The molecule has 1 nitrogen and oxygen atoms in total.